The number of aliphatic hydroxyl groups is 1. The van der Waals surface area contributed by atoms with E-state index >= 15 is 0 Å². The topological polar surface area (TPSA) is 57.5 Å². The molecule has 0 radical (unpaired) electrons. The molecule has 0 aliphatic heterocycles. The SMILES string of the molecule is CC(Br)(C(=O)O)C(Cl)CCO. The average molecular weight is 245 g/mol. The Kier molecular flexibility index (Phi) is 4.36. The van der Waals surface area contributed by atoms with E-state index in [0.29, 0.717) is 0 Å². The van der Waals surface area contributed by atoms with Gasteiger partial charge in [0, 0.05) is 6.61 Å². The highest BCUT2D eigenvalue weighted by Gasteiger charge is 2.37. The molecular formula is C6H10BrClO3. The second-order valence-corrected chi connectivity index (χ2v) is 4.53. The first-order valence-corrected chi connectivity index (χ1v) is 4.33. The smallest absolute Gasteiger partial charge is 0.321 e. The van der Waals surface area contributed by atoms with Crippen molar-refractivity contribution in [2.24, 2.45) is 0 Å². The molecular weight excluding hydrogens is 235 g/mol. The summed E-state index contributed by atoms with van der Waals surface area (Å²) in [6.45, 7) is 1.35. The van der Waals surface area contributed by atoms with Gasteiger partial charge >= 0.3 is 5.97 Å². The first-order chi connectivity index (χ1) is 4.92. The lowest BCUT2D eigenvalue weighted by molar-refractivity contribution is -0.139. The van der Waals surface area contributed by atoms with Crippen molar-refractivity contribution in [3.8, 4) is 0 Å². The molecule has 0 aliphatic carbocycles. The molecule has 0 fully saturated rings. The van der Waals surface area contributed by atoms with Gasteiger partial charge in [0.05, 0.1) is 5.38 Å². The van der Waals surface area contributed by atoms with Crippen LogP contribution in [-0.4, -0.2) is 32.5 Å². The summed E-state index contributed by atoms with van der Waals surface area (Å²) in [4.78, 5) is 10.5. The van der Waals surface area contributed by atoms with E-state index < -0.39 is 15.7 Å². The van der Waals surface area contributed by atoms with Crippen LogP contribution >= 0.6 is 27.5 Å². The molecule has 0 amide bonds. The van der Waals surface area contributed by atoms with Crippen molar-refractivity contribution in [2.45, 2.75) is 23.0 Å². The van der Waals surface area contributed by atoms with Crippen molar-refractivity contribution < 1.29 is 15.0 Å². The van der Waals surface area contributed by atoms with Gasteiger partial charge in [-0.2, -0.15) is 0 Å². The fourth-order valence-electron chi connectivity index (χ4n) is 0.518. The van der Waals surface area contributed by atoms with E-state index in [-0.39, 0.29) is 13.0 Å². The lowest BCUT2D eigenvalue weighted by Gasteiger charge is -2.22. The van der Waals surface area contributed by atoms with E-state index in [2.05, 4.69) is 15.9 Å². The number of halogens is 2. The van der Waals surface area contributed by atoms with Crippen LogP contribution in [0.1, 0.15) is 13.3 Å². The molecule has 11 heavy (non-hydrogen) atoms. The van der Waals surface area contributed by atoms with Crippen molar-refractivity contribution in [3.63, 3.8) is 0 Å². The standard InChI is InChI=1S/C6H10BrClO3/c1-6(7,5(10)11)4(8)2-3-9/h4,9H,2-3H2,1H3,(H,10,11). The molecule has 2 atom stereocenters. The number of hydrogen-bond donors (Lipinski definition) is 2. The molecule has 0 spiro atoms. The van der Waals surface area contributed by atoms with Gasteiger partial charge in [0.25, 0.3) is 0 Å². The Bertz CT molecular complexity index is 149. The summed E-state index contributed by atoms with van der Waals surface area (Å²) in [6, 6.07) is 0. The maximum atomic E-state index is 10.5. The highest BCUT2D eigenvalue weighted by Crippen LogP contribution is 2.28. The summed E-state index contributed by atoms with van der Waals surface area (Å²) in [5, 5.41) is 16.5. The van der Waals surface area contributed by atoms with Crippen LogP contribution < -0.4 is 0 Å². The number of carbonyl (C=O) groups is 1. The summed E-state index contributed by atoms with van der Waals surface area (Å²) in [5.41, 5.74) is 0. The molecule has 0 heterocycles. The number of hydrogen-bond acceptors (Lipinski definition) is 2. The van der Waals surface area contributed by atoms with Gasteiger partial charge in [-0.05, 0) is 13.3 Å². The molecule has 0 saturated heterocycles. The molecule has 0 aromatic carbocycles. The van der Waals surface area contributed by atoms with Gasteiger partial charge in [-0.3, -0.25) is 4.79 Å². The van der Waals surface area contributed by atoms with E-state index in [9.17, 15) is 4.79 Å². The van der Waals surface area contributed by atoms with Crippen LogP contribution in [-0.2, 0) is 4.79 Å². The molecule has 0 aromatic rings. The van der Waals surface area contributed by atoms with Crippen LogP contribution in [0.2, 0.25) is 0 Å². The molecule has 2 N–H and O–H groups in total. The third-order valence-electron chi connectivity index (χ3n) is 1.39. The predicted molar refractivity (Wildman–Crippen MR) is 46.3 cm³/mol. The minimum absolute atomic E-state index is 0.108. The maximum Gasteiger partial charge on any atom is 0.321 e. The van der Waals surface area contributed by atoms with Gasteiger partial charge in [-0.25, -0.2) is 0 Å². The Morgan fingerprint density at radius 3 is 2.55 bits per heavy atom. The number of alkyl halides is 2. The predicted octanol–water partition coefficient (Wildman–Crippen LogP) is 1.21. The highest BCUT2D eigenvalue weighted by atomic mass is 79.9. The van der Waals surface area contributed by atoms with Gasteiger partial charge in [0.1, 0.15) is 4.32 Å². The monoisotopic (exact) mass is 244 g/mol. The van der Waals surface area contributed by atoms with Crippen molar-refractivity contribution in [3.05, 3.63) is 0 Å². The van der Waals surface area contributed by atoms with Gasteiger partial charge in [-0.1, -0.05) is 15.9 Å². The second-order valence-electron chi connectivity index (χ2n) is 2.36. The van der Waals surface area contributed by atoms with Crippen LogP contribution in [0.3, 0.4) is 0 Å². The van der Waals surface area contributed by atoms with Gasteiger partial charge in [0.15, 0.2) is 0 Å². The Morgan fingerprint density at radius 1 is 1.82 bits per heavy atom. The van der Waals surface area contributed by atoms with Gasteiger partial charge < -0.3 is 10.2 Å². The lowest BCUT2D eigenvalue weighted by atomic mass is 10.1. The Morgan fingerprint density at radius 2 is 2.27 bits per heavy atom. The number of rotatable bonds is 4. The van der Waals surface area contributed by atoms with Crippen LogP contribution in [0.4, 0.5) is 0 Å². The van der Waals surface area contributed by atoms with Crippen molar-refractivity contribution in [1.82, 2.24) is 0 Å². The summed E-state index contributed by atoms with van der Waals surface area (Å²) in [5.74, 6) is -1.02. The zero-order valence-electron chi connectivity index (χ0n) is 6.05. The second kappa shape index (κ2) is 4.28. The first kappa shape index (κ1) is 11.2. The normalized spacial score (nSPS) is 18.9. The molecule has 66 valence electrons. The largest absolute Gasteiger partial charge is 0.480 e. The number of aliphatic carboxylic acids is 1. The molecule has 0 saturated carbocycles. The van der Waals surface area contributed by atoms with E-state index in [1.807, 2.05) is 0 Å². The van der Waals surface area contributed by atoms with Crippen LogP contribution in [0, 0.1) is 0 Å². The van der Waals surface area contributed by atoms with E-state index in [1.165, 1.54) is 6.92 Å². The third-order valence-corrected chi connectivity index (χ3v) is 3.20. The van der Waals surface area contributed by atoms with E-state index in [1.54, 1.807) is 0 Å². The fourth-order valence-corrected chi connectivity index (χ4v) is 0.938. The van der Waals surface area contributed by atoms with Crippen LogP contribution in [0.15, 0.2) is 0 Å². The Balaban J connectivity index is 4.17. The van der Waals surface area contributed by atoms with Gasteiger partial charge in [-0.15, -0.1) is 11.6 Å². The highest BCUT2D eigenvalue weighted by molar-refractivity contribution is 9.10. The summed E-state index contributed by atoms with van der Waals surface area (Å²) in [6.07, 6.45) is 0.260. The van der Waals surface area contributed by atoms with Crippen molar-refractivity contribution in [1.29, 1.82) is 0 Å². The maximum absolute atomic E-state index is 10.5. The molecule has 5 heteroatoms. The Hall–Kier alpha value is 0.200. The summed E-state index contributed by atoms with van der Waals surface area (Å²) < 4.78 is -1.16. The van der Waals surface area contributed by atoms with Crippen molar-refractivity contribution in [2.75, 3.05) is 6.61 Å². The number of carboxylic acids is 1. The average Bonchev–Trinajstić information content (AvgIpc) is 1.88. The third kappa shape index (κ3) is 2.97. The minimum Gasteiger partial charge on any atom is -0.480 e. The quantitative estimate of drug-likeness (QED) is 0.732. The van der Waals surface area contributed by atoms with Gasteiger partial charge in [0.2, 0.25) is 0 Å². The minimum atomic E-state index is -1.16. The van der Waals surface area contributed by atoms with E-state index in [0.717, 1.165) is 0 Å². The lowest BCUT2D eigenvalue weighted by Crippen LogP contribution is -2.38. The zero-order chi connectivity index (χ0) is 9.07. The first-order valence-electron chi connectivity index (χ1n) is 3.10. The molecule has 0 aliphatic rings. The number of aliphatic hydroxyl groups excluding tert-OH is 1. The van der Waals surface area contributed by atoms with Crippen LogP contribution in [0.5, 0.6) is 0 Å². The van der Waals surface area contributed by atoms with Crippen molar-refractivity contribution >= 4 is 33.5 Å². The zero-order valence-corrected chi connectivity index (χ0v) is 8.39. The molecule has 0 bridgehead atoms. The molecule has 2 unspecified atom stereocenters. The van der Waals surface area contributed by atoms with Crippen LogP contribution in [0.25, 0.3) is 0 Å². The number of carboxylic acid groups (broad SMARTS) is 1. The Labute approximate surface area is 78.5 Å². The van der Waals surface area contributed by atoms with E-state index in [4.69, 9.17) is 21.8 Å². The summed E-state index contributed by atoms with van der Waals surface area (Å²) in [7, 11) is 0. The molecule has 3 nitrogen and oxygen atoms in total. The fraction of sp³-hybridized carbons (Fsp3) is 0.833. The molecule has 0 rings (SSSR count). The molecule has 0 aromatic heterocycles. The summed E-state index contributed by atoms with van der Waals surface area (Å²) >= 11 is 8.65.